The fraction of sp³-hybridized carbons (Fsp3) is 0.200. The number of hydrogen-bond acceptors (Lipinski definition) is 2. The van der Waals surface area contributed by atoms with Crippen molar-refractivity contribution in [1.29, 1.82) is 0 Å². The molecule has 0 aliphatic rings. The molecule has 0 bridgehead atoms. The van der Waals surface area contributed by atoms with Crippen LogP contribution in [0.15, 0.2) is 53.3 Å². The average molecular weight is 356 g/mol. The Balaban J connectivity index is 2.05. The number of halogens is 2. The number of rotatable bonds is 5. The van der Waals surface area contributed by atoms with Gasteiger partial charge in [0, 0.05) is 22.4 Å². The first-order chi connectivity index (χ1) is 12.4. The Morgan fingerprint density at radius 2 is 1.96 bits per heavy atom. The summed E-state index contributed by atoms with van der Waals surface area (Å²) in [4.78, 5) is 23.7. The van der Waals surface area contributed by atoms with Crippen molar-refractivity contribution >= 4 is 16.7 Å². The molecule has 4 nitrogen and oxygen atoms in total. The monoisotopic (exact) mass is 356 g/mol. The Morgan fingerprint density at radius 1 is 1.19 bits per heavy atom. The third-order valence-electron chi connectivity index (χ3n) is 4.59. The summed E-state index contributed by atoms with van der Waals surface area (Å²) < 4.78 is 28.6. The zero-order valence-corrected chi connectivity index (χ0v) is 14.2. The van der Waals surface area contributed by atoms with Gasteiger partial charge in [-0.2, -0.15) is 0 Å². The predicted molar refractivity (Wildman–Crippen MR) is 96.8 cm³/mol. The molecule has 1 heterocycles. The standard InChI is InChI=1S/C20H18F2N2O2/c1-2-12(19(23)25)10-15-8-9-18(24(22)20(15)26)14-7-6-13-4-3-5-17(21)16(13)11-14/h3-9,11-12H,2,10H2,1H3,(H2,23,25). The summed E-state index contributed by atoms with van der Waals surface area (Å²) in [6.07, 6.45) is 0.550. The molecule has 6 heteroatoms. The number of primary amides is 1. The predicted octanol–water partition coefficient (Wildman–Crippen LogP) is 3.59. The van der Waals surface area contributed by atoms with E-state index in [-0.39, 0.29) is 22.5 Å². The van der Waals surface area contributed by atoms with E-state index in [0.29, 0.717) is 22.8 Å². The van der Waals surface area contributed by atoms with E-state index >= 15 is 0 Å². The minimum atomic E-state index is -0.837. The number of carbonyl (C=O) groups excluding carboxylic acids is 1. The van der Waals surface area contributed by atoms with Crippen LogP contribution in [-0.2, 0) is 11.2 Å². The van der Waals surface area contributed by atoms with Gasteiger partial charge in [0.1, 0.15) is 5.82 Å². The lowest BCUT2D eigenvalue weighted by Crippen LogP contribution is -2.28. The molecule has 0 fully saturated rings. The highest BCUT2D eigenvalue weighted by Gasteiger charge is 2.18. The first kappa shape index (κ1) is 17.8. The number of aromatic nitrogens is 1. The van der Waals surface area contributed by atoms with Gasteiger partial charge in [0.15, 0.2) is 0 Å². The largest absolute Gasteiger partial charge is 0.369 e. The summed E-state index contributed by atoms with van der Waals surface area (Å²) in [6, 6.07) is 12.4. The molecule has 1 amide bonds. The second kappa shape index (κ2) is 7.07. The lowest BCUT2D eigenvalue weighted by Gasteiger charge is -2.12. The summed E-state index contributed by atoms with van der Waals surface area (Å²) >= 11 is 0. The van der Waals surface area contributed by atoms with Crippen molar-refractivity contribution in [3.63, 3.8) is 0 Å². The number of hydrogen-bond donors (Lipinski definition) is 1. The summed E-state index contributed by atoms with van der Waals surface area (Å²) in [5.41, 5.74) is 5.04. The van der Waals surface area contributed by atoms with Gasteiger partial charge in [0.25, 0.3) is 5.56 Å². The van der Waals surface area contributed by atoms with Crippen LogP contribution in [0.3, 0.4) is 0 Å². The second-order valence-corrected chi connectivity index (χ2v) is 6.22. The van der Waals surface area contributed by atoms with Crippen LogP contribution in [0.25, 0.3) is 22.0 Å². The molecule has 0 spiro atoms. The van der Waals surface area contributed by atoms with Crippen LogP contribution in [-0.4, -0.2) is 10.7 Å². The van der Waals surface area contributed by atoms with Crippen molar-refractivity contribution in [3.8, 4) is 11.3 Å². The van der Waals surface area contributed by atoms with Gasteiger partial charge in [-0.3, -0.25) is 9.59 Å². The van der Waals surface area contributed by atoms with Gasteiger partial charge in [-0.1, -0.05) is 41.7 Å². The molecule has 0 aliphatic carbocycles. The van der Waals surface area contributed by atoms with Gasteiger partial charge in [0.05, 0.1) is 5.69 Å². The number of benzene rings is 2. The fourth-order valence-electron chi connectivity index (χ4n) is 3.02. The van der Waals surface area contributed by atoms with Gasteiger partial charge >= 0.3 is 0 Å². The molecule has 3 rings (SSSR count). The van der Waals surface area contributed by atoms with Gasteiger partial charge in [-0.15, -0.1) is 4.79 Å². The van der Waals surface area contributed by atoms with Crippen molar-refractivity contribution in [3.05, 3.63) is 70.3 Å². The number of pyridine rings is 1. The van der Waals surface area contributed by atoms with E-state index in [1.807, 2.05) is 0 Å². The zero-order valence-electron chi connectivity index (χ0n) is 14.2. The number of amides is 1. The van der Waals surface area contributed by atoms with Gasteiger partial charge in [-0.25, -0.2) is 4.39 Å². The Morgan fingerprint density at radius 3 is 2.65 bits per heavy atom. The van der Waals surface area contributed by atoms with E-state index in [0.717, 1.165) is 0 Å². The van der Waals surface area contributed by atoms with Crippen LogP contribution in [0.2, 0.25) is 0 Å². The maximum absolute atomic E-state index is 14.6. The van der Waals surface area contributed by atoms with Crippen LogP contribution < -0.4 is 11.3 Å². The highest BCUT2D eigenvalue weighted by atomic mass is 19.2. The maximum atomic E-state index is 14.6. The lowest BCUT2D eigenvalue weighted by atomic mass is 9.96. The van der Waals surface area contributed by atoms with E-state index in [1.165, 1.54) is 24.3 Å². The summed E-state index contributed by atoms with van der Waals surface area (Å²) in [5.74, 6) is -1.46. The molecule has 0 aliphatic heterocycles. The van der Waals surface area contributed by atoms with Gasteiger partial charge < -0.3 is 5.73 Å². The van der Waals surface area contributed by atoms with Crippen molar-refractivity contribution < 1.29 is 13.7 Å². The molecular formula is C20H18F2N2O2. The third kappa shape index (κ3) is 3.22. The molecule has 1 unspecified atom stereocenters. The second-order valence-electron chi connectivity index (χ2n) is 6.22. The molecule has 0 saturated heterocycles. The van der Waals surface area contributed by atoms with Crippen molar-refractivity contribution in [2.24, 2.45) is 11.7 Å². The molecule has 0 saturated carbocycles. The van der Waals surface area contributed by atoms with Crippen LogP contribution in [0.4, 0.5) is 8.87 Å². The van der Waals surface area contributed by atoms with Crippen LogP contribution in [0.1, 0.15) is 18.9 Å². The summed E-state index contributed by atoms with van der Waals surface area (Å²) in [7, 11) is 0. The normalized spacial score (nSPS) is 12.3. The first-order valence-corrected chi connectivity index (χ1v) is 8.31. The highest BCUT2D eigenvalue weighted by molar-refractivity contribution is 5.87. The van der Waals surface area contributed by atoms with E-state index in [1.54, 1.807) is 31.2 Å². The quantitative estimate of drug-likeness (QED) is 0.759. The molecule has 3 aromatic rings. The smallest absolute Gasteiger partial charge is 0.282 e. The van der Waals surface area contributed by atoms with E-state index < -0.39 is 23.2 Å². The molecular weight excluding hydrogens is 338 g/mol. The van der Waals surface area contributed by atoms with Crippen LogP contribution >= 0.6 is 0 Å². The number of carbonyl (C=O) groups is 1. The first-order valence-electron chi connectivity index (χ1n) is 8.31. The summed E-state index contributed by atoms with van der Waals surface area (Å²) in [5, 5.41) is 1.03. The molecule has 2 N–H and O–H groups in total. The van der Waals surface area contributed by atoms with Crippen LogP contribution in [0.5, 0.6) is 0 Å². The van der Waals surface area contributed by atoms with Gasteiger partial charge in [0.2, 0.25) is 5.91 Å². The van der Waals surface area contributed by atoms with Crippen molar-refractivity contribution in [2.45, 2.75) is 19.8 Å². The van der Waals surface area contributed by atoms with Crippen molar-refractivity contribution in [1.82, 2.24) is 4.79 Å². The average Bonchev–Trinajstić information content (AvgIpc) is 2.63. The van der Waals surface area contributed by atoms with E-state index in [4.69, 9.17) is 5.73 Å². The number of nitrogens with two attached hydrogens (primary N) is 1. The molecule has 2 aromatic carbocycles. The van der Waals surface area contributed by atoms with Gasteiger partial charge in [-0.05, 0) is 36.4 Å². The third-order valence-corrected chi connectivity index (χ3v) is 4.59. The van der Waals surface area contributed by atoms with E-state index in [9.17, 15) is 18.5 Å². The Hall–Kier alpha value is -3.02. The lowest BCUT2D eigenvalue weighted by molar-refractivity contribution is -0.121. The zero-order chi connectivity index (χ0) is 18.8. The van der Waals surface area contributed by atoms with Crippen LogP contribution in [0, 0.1) is 11.7 Å². The Labute approximate surface area is 148 Å². The molecule has 134 valence electrons. The Kier molecular flexibility index (Phi) is 4.84. The van der Waals surface area contributed by atoms with Crippen molar-refractivity contribution in [2.75, 3.05) is 0 Å². The van der Waals surface area contributed by atoms with E-state index in [2.05, 4.69) is 0 Å². The number of fused-ring (bicyclic) bond motifs is 1. The minimum Gasteiger partial charge on any atom is -0.369 e. The minimum absolute atomic E-state index is 0.0241. The highest BCUT2D eigenvalue weighted by Crippen LogP contribution is 2.26. The molecule has 1 aromatic heterocycles. The topological polar surface area (TPSA) is 65.1 Å². The summed E-state index contributed by atoms with van der Waals surface area (Å²) in [6.45, 7) is 1.78. The molecule has 0 radical (unpaired) electrons. The maximum Gasteiger partial charge on any atom is 0.282 e. The molecule has 1 atom stereocenters. The Bertz CT molecular complexity index is 1040. The fourth-order valence-corrected chi connectivity index (χ4v) is 3.02. The molecule has 26 heavy (non-hydrogen) atoms. The SMILES string of the molecule is CCC(Cc1ccc(-c2ccc3cccc(F)c3c2)n(F)c1=O)C(N)=O. The number of nitrogens with zero attached hydrogens (tertiary/aromatic N) is 1.